The third-order valence-corrected chi connectivity index (χ3v) is 5.16. The Balaban J connectivity index is 1.57. The summed E-state index contributed by atoms with van der Waals surface area (Å²) >= 11 is 0. The topological polar surface area (TPSA) is 60.9 Å². The average molecular weight is 330 g/mol. The van der Waals surface area contributed by atoms with Crippen molar-refractivity contribution in [1.82, 2.24) is 9.80 Å². The molecule has 2 aliphatic heterocycles. The maximum atomic E-state index is 12.5. The highest BCUT2D eigenvalue weighted by atomic mass is 16.3. The molecule has 1 aromatic carbocycles. The molecule has 0 unspecified atom stereocenters. The molecule has 2 atom stereocenters. The van der Waals surface area contributed by atoms with Crippen molar-refractivity contribution in [2.75, 3.05) is 26.2 Å². The van der Waals surface area contributed by atoms with Gasteiger partial charge < -0.3 is 14.9 Å². The number of carbonyl (C=O) groups excluding carboxylic acids is 2. The number of piperidine rings is 1. The first-order valence-electron chi connectivity index (χ1n) is 8.93. The number of likely N-dealkylation sites (tertiary alicyclic amines) is 2. The number of rotatable bonds is 3. The minimum atomic E-state index is -0.551. The predicted molar refractivity (Wildman–Crippen MR) is 91.4 cm³/mol. The van der Waals surface area contributed by atoms with E-state index in [-0.39, 0.29) is 24.3 Å². The Morgan fingerprint density at radius 3 is 2.67 bits per heavy atom. The van der Waals surface area contributed by atoms with Gasteiger partial charge in [0.25, 0.3) is 0 Å². The zero-order chi connectivity index (χ0) is 16.9. The minimum absolute atomic E-state index is 0.0455. The second-order valence-corrected chi connectivity index (χ2v) is 6.84. The van der Waals surface area contributed by atoms with Gasteiger partial charge in [0.2, 0.25) is 11.8 Å². The van der Waals surface area contributed by atoms with Crippen LogP contribution in [0.15, 0.2) is 30.3 Å². The first kappa shape index (κ1) is 17.0. The molecule has 5 nitrogen and oxygen atoms in total. The highest BCUT2D eigenvalue weighted by Crippen LogP contribution is 2.28. The van der Waals surface area contributed by atoms with E-state index in [1.165, 1.54) is 0 Å². The maximum Gasteiger partial charge on any atom is 0.242 e. The summed E-state index contributed by atoms with van der Waals surface area (Å²) in [6.45, 7) is 1.81. The van der Waals surface area contributed by atoms with Gasteiger partial charge in [-0.2, -0.15) is 0 Å². The van der Waals surface area contributed by atoms with Gasteiger partial charge in [-0.3, -0.25) is 9.59 Å². The van der Waals surface area contributed by atoms with Crippen LogP contribution in [0.2, 0.25) is 0 Å². The lowest BCUT2D eigenvalue weighted by molar-refractivity contribution is -0.142. The van der Waals surface area contributed by atoms with Crippen molar-refractivity contribution in [3.63, 3.8) is 0 Å². The first-order chi connectivity index (χ1) is 11.6. The van der Waals surface area contributed by atoms with Gasteiger partial charge in [0.1, 0.15) is 0 Å². The average Bonchev–Trinajstić information content (AvgIpc) is 2.80. The van der Waals surface area contributed by atoms with Crippen LogP contribution in [-0.4, -0.2) is 59.0 Å². The fourth-order valence-corrected chi connectivity index (χ4v) is 3.72. The lowest BCUT2D eigenvalue weighted by Crippen LogP contribution is -2.49. The fraction of sp³-hybridized carbons (Fsp3) is 0.579. The van der Waals surface area contributed by atoms with Crippen molar-refractivity contribution in [1.29, 1.82) is 0 Å². The van der Waals surface area contributed by atoms with E-state index in [2.05, 4.69) is 0 Å². The van der Waals surface area contributed by atoms with E-state index in [0.717, 1.165) is 31.2 Å². The molecule has 2 saturated heterocycles. The van der Waals surface area contributed by atoms with Crippen LogP contribution >= 0.6 is 0 Å². The maximum absolute atomic E-state index is 12.5. The molecule has 2 aliphatic rings. The molecule has 130 valence electrons. The van der Waals surface area contributed by atoms with Gasteiger partial charge in [-0.1, -0.05) is 36.8 Å². The van der Waals surface area contributed by atoms with E-state index in [1.54, 1.807) is 9.80 Å². The zero-order valence-corrected chi connectivity index (χ0v) is 14.1. The number of β-amino-alcohol motifs (C(OH)–C–C–N with tert-alkyl or cyclic N) is 1. The number of benzene rings is 1. The molecule has 24 heavy (non-hydrogen) atoms. The van der Waals surface area contributed by atoms with E-state index in [0.29, 0.717) is 26.1 Å². The number of nitrogens with zero attached hydrogens (tertiary/aromatic N) is 2. The zero-order valence-electron chi connectivity index (χ0n) is 14.1. The van der Waals surface area contributed by atoms with Crippen LogP contribution in [0.5, 0.6) is 0 Å². The summed E-state index contributed by atoms with van der Waals surface area (Å²) in [6, 6.07) is 9.98. The van der Waals surface area contributed by atoms with E-state index in [1.807, 2.05) is 30.3 Å². The van der Waals surface area contributed by atoms with Gasteiger partial charge in [0, 0.05) is 32.0 Å². The lowest BCUT2D eigenvalue weighted by Gasteiger charge is -2.37. The van der Waals surface area contributed by atoms with Gasteiger partial charge in [-0.25, -0.2) is 0 Å². The van der Waals surface area contributed by atoms with Crippen LogP contribution < -0.4 is 0 Å². The van der Waals surface area contributed by atoms with Crippen molar-refractivity contribution < 1.29 is 14.7 Å². The van der Waals surface area contributed by atoms with Crippen LogP contribution in [0.25, 0.3) is 0 Å². The standard InChI is InChI=1S/C19H26N2O3/c22-17-13-21(12-10-16(17)15-7-3-1-4-8-15)19(24)14-20-11-6-2-5-9-18(20)23/h1,3-4,7-8,16-17,22H,2,5-6,9-14H2/t16-,17-/m1/s1. The number of carbonyl (C=O) groups is 2. The SMILES string of the molecule is O=C1CCCCCN1CC(=O)N1CC[C@H](c2ccccc2)[C@H](O)C1. The number of aliphatic hydroxyl groups is 1. The number of hydrogen-bond donors (Lipinski definition) is 1. The Bertz CT molecular complexity index is 575. The predicted octanol–water partition coefficient (Wildman–Crippen LogP) is 1.77. The molecule has 1 N–H and O–H groups in total. The Hall–Kier alpha value is -1.88. The van der Waals surface area contributed by atoms with Crippen LogP contribution in [0.1, 0.15) is 43.6 Å². The smallest absolute Gasteiger partial charge is 0.242 e. The number of hydrogen-bond acceptors (Lipinski definition) is 3. The lowest BCUT2D eigenvalue weighted by atomic mass is 9.87. The Labute approximate surface area is 143 Å². The molecule has 0 spiro atoms. The molecule has 5 heteroatoms. The second-order valence-electron chi connectivity index (χ2n) is 6.84. The first-order valence-corrected chi connectivity index (χ1v) is 8.93. The van der Waals surface area contributed by atoms with Gasteiger partial charge in [0.15, 0.2) is 0 Å². The van der Waals surface area contributed by atoms with Crippen molar-refractivity contribution in [3.05, 3.63) is 35.9 Å². The summed E-state index contributed by atoms with van der Waals surface area (Å²) in [6.07, 6.45) is 3.70. The van der Waals surface area contributed by atoms with Crippen molar-refractivity contribution in [2.45, 2.75) is 44.1 Å². The van der Waals surface area contributed by atoms with Crippen LogP contribution in [0.4, 0.5) is 0 Å². The molecule has 0 aliphatic carbocycles. The van der Waals surface area contributed by atoms with Gasteiger partial charge >= 0.3 is 0 Å². The molecule has 1 aromatic rings. The quantitative estimate of drug-likeness (QED) is 0.919. The fourth-order valence-electron chi connectivity index (χ4n) is 3.72. The molecule has 0 radical (unpaired) electrons. The third kappa shape index (κ3) is 3.96. The summed E-state index contributed by atoms with van der Waals surface area (Å²) in [5.41, 5.74) is 1.12. The molecular weight excluding hydrogens is 304 g/mol. The van der Waals surface area contributed by atoms with E-state index < -0.39 is 6.10 Å². The Kier molecular flexibility index (Phi) is 5.51. The molecule has 0 saturated carbocycles. The van der Waals surface area contributed by atoms with Crippen LogP contribution in [0.3, 0.4) is 0 Å². The summed E-state index contributed by atoms with van der Waals surface area (Å²) in [5, 5.41) is 10.5. The second kappa shape index (κ2) is 7.79. The largest absolute Gasteiger partial charge is 0.391 e. The summed E-state index contributed by atoms with van der Waals surface area (Å²) in [4.78, 5) is 28.0. The highest BCUT2D eigenvalue weighted by molar-refractivity contribution is 5.85. The summed E-state index contributed by atoms with van der Waals surface area (Å²) in [5.74, 6) is 0.117. The highest BCUT2D eigenvalue weighted by Gasteiger charge is 2.32. The van der Waals surface area contributed by atoms with Crippen molar-refractivity contribution in [3.8, 4) is 0 Å². The van der Waals surface area contributed by atoms with Crippen molar-refractivity contribution in [2.24, 2.45) is 0 Å². The normalized spacial score (nSPS) is 25.5. The Morgan fingerprint density at radius 2 is 1.92 bits per heavy atom. The molecule has 2 heterocycles. The van der Waals surface area contributed by atoms with E-state index >= 15 is 0 Å². The molecule has 0 aromatic heterocycles. The minimum Gasteiger partial charge on any atom is -0.391 e. The van der Waals surface area contributed by atoms with E-state index in [4.69, 9.17) is 0 Å². The molecule has 2 fully saturated rings. The summed E-state index contributed by atoms with van der Waals surface area (Å²) < 4.78 is 0. The van der Waals surface area contributed by atoms with Gasteiger partial charge in [-0.05, 0) is 24.8 Å². The number of amides is 2. The third-order valence-electron chi connectivity index (χ3n) is 5.16. The molecule has 2 amide bonds. The van der Waals surface area contributed by atoms with Gasteiger partial charge in [-0.15, -0.1) is 0 Å². The van der Waals surface area contributed by atoms with Crippen LogP contribution in [-0.2, 0) is 9.59 Å². The summed E-state index contributed by atoms with van der Waals surface area (Å²) in [7, 11) is 0. The van der Waals surface area contributed by atoms with Gasteiger partial charge in [0.05, 0.1) is 12.6 Å². The monoisotopic (exact) mass is 330 g/mol. The van der Waals surface area contributed by atoms with Crippen molar-refractivity contribution >= 4 is 11.8 Å². The molecular formula is C19H26N2O3. The Morgan fingerprint density at radius 1 is 1.12 bits per heavy atom. The number of aliphatic hydroxyl groups excluding tert-OH is 1. The van der Waals surface area contributed by atoms with Crippen LogP contribution in [0, 0.1) is 0 Å². The molecule has 0 bridgehead atoms. The molecule has 3 rings (SSSR count). The van der Waals surface area contributed by atoms with E-state index in [9.17, 15) is 14.7 Å².